The number of piperidine rings is 1. The Morgan fingerprint density at radius 3 is 2.85 bits per heavy atom. The van der Waals surface area contributed by atoms with Crippen LogP contribution in [0.2, 0.25) is 0 Å². The Morgan fingerprint density at radius 2 is 2.20 bits per heavy atom. The van der Waals surface area contributed by atoms with Gasteiger partial charge in [0.25, 0.3) is 0 Å². The van der Waals surface area contributed by atoms with Crippen LogP contribution in [0.3, 0.4) is 0 Å². The SMILES string of the molecule is CC(C)=CCN1CCC(Nc2cnn(CCO)c2)CC1. The second kappa shape index (κ2) is 7.45. The summed E-state index contributed by atoms with van der Waals surface area (Å²) < 4.78 is 1.77. The predicted octanol–water partition coefficient (Wildman–Crippen LogP) is 1.72. The molecule has 0 amide bonds. The second-order valence-corrected chi connectivity index (χ2v) is 5.72. The van der Waals surface area contributed by atoms with Crippen molar-refractivity contribution in [3.8, 4) is 0 Å². The van der Waals surface area contributed by atoms with E-state index in [-0.39, 0.29) is 6.61 Å². The second-order valence-electron chi connectivity index (χ2n) is 5.72. The van der Waals surface area contributed by atoms with Gasteiger partial charge in [0.15, 0.2) is 0 Å². The van der Waals surface area contributed by atoms with Crippen LogP contribution in [0, 0.1) is 0 Å². The molecule has 0 aliphatic carbocycles. The van der Waals surface area contributed by atoms with Crippen molar-refractivity contribution >= 4 is 5.69 Å². The molecule has 2 N–H and O–H groups in total. The van der Waals surface area contributed by atoms with Gasteiger partial charge in [0.1, 0.15) is 0 Å². The first-order valence-electron chi connectivity index (χ1n) is 7.43. The molecule has 1 aliphatic rings. The summed E-state index contributed by atoms with van der Waals surface area (Å²) in [5.41, 5.74) is 2.45. The highest BCUT2D eigenvalue weighted by atomic mass is 16.3. The van der Waals surface area contributed by atoms with E-state index in [0.29, 0.717) is 12.6 Å². The molecule has 0 bridgehead atoms. The van der Waals surface area contributed by atoms with Gasteiger partial charge in [-0.25, -0.2) is 0 Å². The lowest BCUT2D eigenvalue weighted by Gasteiger charge is -2.31. The third kappa shape index (κ3) is 4.65. The Labute approximate surface area is 121 Å². The number of hydrogen-bond acceptors (Lipinski definition) is 4. The van der Waals surface area contributed by atoms with Gasteiger partial charge in [-0.2, -0.15) is 5.10 Å². The largest absolute Gasteiger partial charge is 0.394 e. The standard InChI is InChI=1S/C15H26N4O/c1-13(2)3-6-18-7-4-14(5-8-18)17-15-11-16-19(12-15)9-10-20/h3,11-12,14,17,20H,4-10H2,1-2H3. The molecule has 0 radical (unpaired) electrons. The Morgan fingerprint density at radius 1 is 1.45 bits per heavy atom. The fourth-order valence-corrected chi connectivity index (χ4v) is 2.47. The third-order valence-corrected chi connectivity index (χ3v) is 3.68. The van der Waals surface area contributed by atoms with E-state index in [1.165, 1.54) is 18.4 Å². The highest BCUT2D eigenvalue weighted by molar-refractivity contribution is 5.39. The maximum atomic E-state index is 8.88. The average molecular weight is 278 g/mol. The Hall–Kier alpha value is -1.33. The molecule has 1 aliphatic heterocycles. The van der Waals surface area contributed by atoms with Crippen molar-refractivity contribution in [2.45, 2.75) is 39.3 Å². The summed E-state index contributed by atoms with van der Waals surface area (Å²) in [6, 6.07) is 0.532. The van der Waals surface area contributed by atoms with Crippen LogP contribution in [-0.2, 0) is 6.54 Å². The molecule has 0 spiro atoms. The van der Waals surface area contributed by atoms with Crippen LogP contribution in [0.1, 0.15) is 26.7 Å². The van der Waals surface area contributed by atoms with Gasteiger partial charge in [0.2, 0.25) is 0 Å². The number of anilines is 1. The molecule has 112 valence electrons. The van der Waals surface area contributed by atoms with Crippen molar-refractivity contribution in [3.63, 3.8) is 0 Å². The lowest BCUT2D eigenvalue weighted by molar-refractivity contribution is 0.240. The van der Waals surface area contributed by atoms with Crippen molar-refractivity contribution in [1.29, 1.82) is 0 Å². The zero-order chi connectivity index (χ0) is 14.4. The molecule has 0 atom stereocenters. The van der Waals surface area contributed by atoms with Crippen LogP contribution in [-0.4, -0.2) is 52.1 Å². The lowest BCUT2D eigenvalue weighted by Crippen LogP contribution is -2.39. The number of aliphatic hydroxyl groups excluding tert-OH is 1. The van der Waals surface area contributed by atoms with Crippen molar-refractivity contribution < 1.29 is 5.11 Å². The molecular weight excluding hydrogens is 252 g/mol. The van der Waals surface area contributed by atoms with E-state index in [9.17, 15) is 0 Å². The number of rotatable bonds is 6. The Bertz CT molecular complexity index is 429. The normalized spacial score (nSPS) is 17.1. The topological polar surface area (TPSA) is 53.3 Å². The van der Waals surface area contributed by atoms with Gasteiger partial charge in [-0.15, -0.1) is 0 Å². The highest BCUT2D eigenvalue weighted by Gasteiger charge is 2.18. The fraction of sp³-hybridized carbons (Fsp3) is 0.667. The van der Waals surface area contributed by atoms with Gasteiger partial charge in [-0.05, 0) is 26.7 Å². The number of hydrogen-bond donors (Lipinski definition) is 2. The first-order valence-corrected chi connectivity index (χ1v) is 7.43. The van der Waals surface area contributed by atoms with Gasteiger partial charge < -0.3 is 10.4 Å². The minimum Gasteiger partial charge on any atom is -0.394 e. The van der Waals surface area contributed by atoms with Crippen LogP contribution < -0.4 is 5.32 Å². The maximum Gasteiger partial charge on any atom is 0.0728 e. The van der Waals surface area contributed by atoms with E-state index in [4.69, 9.17) is 5.11 Å². The minimum absolute atomic E-state index is 0.129. The number of likely N-dealkylation sites (tertiary alicyclic amines) is 1. The van der Waals surface area contributed by atoms with E-state index in [0.717, 1.165) is 25.3 Å². The predicted molar refractivity (Wildman–Crippen MR) is 81.8 cm³/mol. The molecule has 2 heterocycles. The third-order valence-electron chi connectivity index (χ3n) is 3.68. The van der Waals surface area contributed by atoms with Gasteiger partial charge in [0.05, 0.1) is 25.0 Å². The molecule has 0 saturated carbocycles. The molecule has 1 saturated heterocycles. The first kappa shape index (κ1) is 15.1. The quantitative estimate of drug-likeness (QED) is 0.778. The van der Waals surface area contributed by atoms with Crippen molar-refractivity contribution in [2.24, 2.45) is 0 Å². The fourth-order valence-electron chi connectivity index (χ4n) is 2.47. The smallest absolute Gasteiger partial charge is 0.0728 e. The van der Waals surface area contributed by atoms with E-state index < -0.39 is 0 Å². The molecule has 0 aromatic carbocycles. The van der Waals surface area contributed by atoms with E-state index in [1.54, 1.807) is 4.68 Å². The molecule has 2 rings (SSSR count). The van der Waals surface area contributed by atoms with Crippen LogP contribution in [0.15, 0.2) is 24.0 Å². The molecule has 0 unspecified atom stereocenters. The number of aliphatic hydroxyl groups is 1. The van der Waals surface area contributed by atoms with Crippen molar-refractivity contribution in [3.05, 3.63) is 24.0 Å². The van der Waals surface area contributed by atoms with Crippen LogP contribution in [0.5, 0.6) is 0 Å². The van der Waals surface area contributed by atoms with Crippen molar-refractivity contribution in [2.75, 3.05) is 31.6 Å². The number of nitrogens with zero attached hydrogens (tertiary/aromatic N) is 3. The van der Waals surface area contributed by atoms with Crippen LogP contribution in [0.4, 0.5) is 5.69 Å². The Kier molecular flexibility index (Phi) is 5.61. The number of allylic oxidation sites excluding steroid dienone is 1. The summed E-state index contributed by atoms with van der Waals surface area (Å²) >= 11 is 0. The molecule has 20 heavy (non-hydrogen) atoms. The highest BCUT2D eigenvalue weighted by Crippen LogP contribution is 2.16. The van der Waals surface area contributed by atoms with Crippen molar-refractivity contribution in [1.82, 2.24) is 14.7 Å². The number of aromatic nitrogens is 2. The monoisotopic (exact) mass is 278 g/mol. The maximum absolute atomic E-state index is 8.88. The van der Waals surface area contributed by atoms with Gasteiger partial charge in [-0.3, -0.25) is 9.58 Å². The van der Waals surface area contributed by atoms with E-state index in [1.807, 2.05) is 12.4 Å². The van der Waals surface area contributed by atoms with E-state index >= 15 is 0 Å². The van der Waals surface area contributed by atoms with Crippen LogP contribution >= 0.6 is 0 Å². The minimum atomic E-state index is 0.129. The van der Waals surface area contributed by atoms with E-state index in [2.05, 4.69) is 35.2 Å². The van der Waals surface area contributed by atoms with Gasteiger partial charge >= 0.3 is 0 Å². The zero-order valence-electron chi connectivity index (χ0n) is 12.5. The summed E-state index contributed by atoms with van der Waals surface area (Å²) in [5, 5.41) is 16.6. The molecule has 5 nitrogen and oxygen atoms in total. The summed E-state index contributed by atoms with van der Waals surface area (Å²) in [4.78, 5) is 2.50. The molecule has 1 aromatic rings. The zero-order valence-corrected chi connectivity index (χ0v) is 12.5. The Balaban J connectivity index is 1.74. The number of nitrogens with one attached hydrogen (secondary N) is 1. The molecule has 1 aromatic heterocycles. The molecule has 1 fully saturated rings. The van der Waals surface area contributed by atoms with Crippen LogP contribution in [0.25, 0.3) is 0 Å². The summed E-state index contributed by atoms with van der Waals surface area (Å²) in [7, 11) is 0. The van der Waals surface area contributed by atoms with Gasteiger partial charge in [0, 0.05) is 31.9 Å². The average Bonchev–Trinajstić information content (AvgIpc) is 2.86. The first-order chi connectivity index (χ1) is 9.67. The molecule has 5 heteroatoms. The summed E-state index contributed by atoms with van der Waals surface area (Å²) in [6.45, 7) is 8.35. The summed E-state index contributed by atoms with van der Waals surface area (Å²) in [5.74, 6) is 0. The molecular formula is C15H26N4O. The van der Waals surface area contributed by atoms with Gasteiger partial charge in [-0.1, -0.05) is 11.6 Å². The summed E-state index contributed by atoms with van der Waals surface area (Å²) in [6.07, 6.45) is 8.44. The lowest BCUT2D eigenvalue weighted by atomic mass is 10.0.